The fourth-order valence-corrected chi connectivity index (χ4v) is 2.54. The number of hydrogen-bond acceptors (Lipinski definition) is 5. The first-order valence-corrected chi connectivity index (χ1v) is 5.89. The third-order valence-corrected chi connectivity index (χ3v) is 3.38. The number of methoxy groups -OCH3 is 1. The third kappa shape index (κ3) is 2.33. The number of hydrogen-bond donors (Lipinski definition) is 1. The van der Waals surface area contributed by atoms with Crippen LogP contribution in [0.3, 0.4) is 0 Å². The number of benzene rings is 1. The Bertz CT molecular complexity index is 489. The van der Waals surface area contributed by atoms with E-state index in [0.29, 0.717) is 22.8 Å². The predicted octanol–water partition coefficient (Wildman–Crippen LogP) is 2.04. The van der Waals surface area contributed by atoms with Crippen molar-refractivity contribution in [3.63, 3.8) is 0 Å². The molecule has 0 spiro atoms. The molecule has 0 bridgehead atoms. The fourth-order valence-electron chi connectivity index (χ4n) is 1.53. The minimum absolute atomic E-state index is 0.137. The molecule has 0 aliphatic carbocycles. The normalized spacial score (nSPS) is 14.5. The zero-order valence-electron chi connectivity index (χ0n) is 9.06. The van der Waals surface area contributed by atoms with Gasteiger partial charge in [-0.3, -0.25) is 14.9 Å². The Labute approximate surface area is 101 Å². The molecule has 17 heavy (non-hydrogen) atoms. The number of carbonyl (C=O) groups is 1. The third-order valence-electron chi connectivity index (χ3n) is 2.34. The number of anilines is 1. The second-order valence-electron chi connectivity index (χ2n) is 3.42. The van der Waals surface area contributed by atoms with Gasteiger partial charge in [0.15, 0.2) is 0 Å². The van der Waals surface area contributed by atoms with Crippen LogP contribution in [0.2, 0.25) is 0 Å². The minimum atomic E-state index is -0.520. The molecule has 1 aromatic carbocycles. The average Bonchev–Trinajstić information content (AvgIpc) is 2.48. The second-order valence-corrected chi connectivity index (χ2v) is 4.56. The fraction of sp³-hybridized carbons (Fsp3) is 0.300. The van der Waals surface area contributed by atoms with Crippen LogP contribution in [-0.2, 0) is 4.79 Å². The number of nitro benzene ring substituents is 1. The van der Waals surface area contributed by atoms with Crippen LogP contribution in [0.25, 0.3) is 0 Å². The van der Waals surface area contributed by atoms with Crippen LogP contribution < -0.4 is 10.1 Å². The van der Waals surface area contributed by atoms with Gasteiger partial charge >= 0.3 is 0 Å². The molecule has 0 atom stereocenters. The molecule has 0 unspecified atom stereocenters. The number of rotatable bonds is 2. The maximum Gasteiger partial charge on any atom is 0.297 e. The van der Waals surface area contributed by atoms with Gasteiger partial charge < -0.3 is 10.1 Å². The van der Waals surface area contributed by atoms with Gasteiger partial charge in [-0.25, -0.2) is 0 Å². The Morgan fingerprint density at radius 1 is 1.53 bits per heavy atom. The molecule has 1 N–H and O–H groups in total. The number of thioether (sulfide) groups is 1. The van der Waals surface area contributed by atoms with E-state index in [1.807, 2.05) is 0 Å². The summed E-state index contributed by atoms with van der Waals surface area (Å²) in [6, 6.07) is 3.00. The van der Waals surface area contributed by atoms with E-state index >= 15 is 0 Å². The highest BCUT2D eigenvalue weighted by atomic mass is 32.2. The molecule has 2 rings (SSSR count). The van der Waals surface area contributed by atoms with Gasteiger partial charge in [0.25, 0.3) is 5.69 Å². The van der Waals surface area contributed by atoms with E-state index in [0.717, 1.165) is 0 Å². The summed E-state index contributed by atoms with van der Waals surface area (Å²) in [5, 5.41) is 13.5. The number of carbonyl (C=O) groups excluding carboxylic acids is 1. The van der Waals surface area contributed by atoms with Gasteiger partial charge in [0.05, 0.1) is 18.1 Å². The van der Waals surface area contributed by atoms with Crippen molar-refractivity contribution in [1.29, 1.82) is 0 Å². The predicted molar refractivity (Wildman–Crippen MR) is 63.6 cm³/mol. The lowest BCUT2D eigenvalue weighted by Gasteiger charge is -2.09. The van der Waals surface area contributed by atoms with Crippen molar-refractivity contribution in [3.8, 4) is 5.75 Å². The maximum absolute atomic E-state index is 11.4. The molecule has 0 saturated heterocycles. The van der Waals surface area contributed by atoms with Gasteiger partial charge in [-0.1, -0.05) is 0 Å². The molecule has 0 aromatic heterocycles. The van der Waals surface area contributed by atoms with Crippen LogP contribution in [0.1, 0.15) is 6.42 Å². The van der Waals surface area contributed by atoms with Gasteiger partial charge in [-0.15, -0.1) is 11.8 Å². The Morgan fingerprint density at radius 3 is 2.94 bits per heavy atom. The number of nitrogens with zero attached hydrogens (tertiary/aromatic N) is 1. The highest BCUT2D eigenvalue weighted by Gasteiger charge is 2.24. The summed E-state index contributed by atoms with van der Waals surface area (Å²) in [7, 11) is 1.45. The van der Waals surface area contributed by atoms with E-state index < -0.39 is 4.92 Å². The molecule has 1 aromatic rings. The zero-order chi connectivity index (χ0) is 12.4. The summed E-state index contributed by atoms with van der Waals surface area (Å²) in [4.78, 5) is 22.5. The molecular formula is C10H10N2O4S. The first-order valence-electron chi connectivity index (χ1n) is 4.91. The van der Waals surface area contributed by atoms with Gasteiger partial charge in [-0.2, -0.15) is 0 Å². The Kier molecular flexibility index (Phi) is 3.19. The summed E-state index contributed by atoms with van der Waals surface area (Å²) in [6.07, 6.45) is 0.346. The largest absolute Gasteiger partial charge is 0.496 e. The number of ether oxygens (including phenoxy) is 1. The number of nitrogens with one attached hydrogen (secondary N) is 1. The zero-order valence-corrected chi connectivity index (χ0v) is 9.87. The minimum Gasteiger partial charge on any atom is -0.496 e. The van der Waals surface area contributed by atoms with Gasteiger partial charge in [0.2, 0.25) is 5.91 Å². The summed E-state index contributed by atoms with van der Waals surface area (Å²) in [6.45, 7) is 0. The van der Waals surface area contributed by atoms with Crippen LogP contribution in [0.15, 0.2) is 17.0 Å². The van der Waals surface area contributed by atoms with Crippen molar-refractivity contribution in [1.82, 2.24) is 0 Å². The SMILES string of the molecule is COc1cc2c(c([N+](=O)[O-])c1)NC(=O)CCS2. The lowest BCUT2D eigenvalue weighted by Crippen LogP contribution is -2.11. The Balaban J connectivity index is 2.57. The van der Waals surface area contributed by atoms with Gasteiger partial charge in [0, 0.05) is 17.1 Å². The quantitative estimate of drug-likeness (QED) is 0.645. The number of nitro groups is 1. The van der Waals surface area contributed by atoms with E-state index in [9.17, 15) is 14.9 Å². The highest BCUT2D eigenvalue weighted by Crippen LogP contribution is 2.40. The van der Waals surface area contributed by atoms with Crippen LogP contribution in [-0.4, -0.2) is 23.7 Å². The van der Waals surface area contributed by atoms with Gasteiger partial charge in [0.1, 0.15) is 11.4 Å². The highest BCUT2D eigenvalue weighted by molar-refractivity contribution is 7.99. The molecule has 6 nitrogen and oxygen atoms in total. The van der Waals surface area contributed by atoms with E-state index in [-0.39, 0.29) is 17.3 Å². The summed E-state index contributed by atoms with van der Waals surface area (Å²) >= 11 is 1.41. The molecular weight excluding hydrogens is 244 g/mol. The molecule has 1 amide bonds. The Morgan fingerprint density at radius 2 is 2.29 bits per heavy atom. The molecule has 90 valence electrons. The standard InChI is InChI=1S/C10H10N2O4S/c1-16-6-4-7(12(14)15)10-8(5-6)17-3-2-9(13)11-10/h4-5H,2-3H2,1H3,(H,11,13). The molecule has 0 radical (unpaired) electrons. The molecule has 0 saturated carbocycles. The number of fused-ring (bicyclic) bond motifs is 1. The summed E-state index contributed by atoms with van der Waals surface area (Å²) in [5.74, 6) is 0.812. The van der Waals surface area contributed by atoms with Crippen molar-refractivity contribution in [2.45, 2.75) is 11.3 Å². The number of amides is 1. The maximum atomic E-state index is 11.4. The lowest BCUT2D eigenvalue weighted by molar-refractivity contribution is -0.384. The molecule has 1 heterocycles. The van der Waals surface area contributed by atoms with Crippen molar-refractivity contribution in [2.24, 2.45) is 0 Å². The van der Waals surface area contributed by atoms with Crippen molar-refractivity contribution in [2.75, 3.05) is 18.2 Å². The monoisotopic (exact) mass is 254 g/mol. The topological polar surface area (TPSA) is 81.5 Å². The van der Waals surface area contributed by atoms with Crippen LogP contribution in [0, 0.1) is 10.1 Å². The lowest BCUT2D eigenvalue weighted by atomic mass is 10.2. The van der Waals surface area contributed by atoms with Gasteiger partial charge in [-0.05, 0) is 6.07 Å². The van der Waals surface area contributed by atoms with Crippen LogP contribution >= 0.6 is 11.8 Å². The van der Waals surface area contributed by atoms with E-state index in [1.54, 1.807) is 6.07 Å². The smallest absolute Gasteiger partial charge is 0.297 e. The van der Waals surface area contributed by atoms with Crippen molar-refractivity contribution in [3.05, 3.63) is 22.2 Å². The van der Waals surface area contributed by atoms with Crippen LogP contribution in [0.4, 0.5) is 11.4 Å². The van der Waals surface area contributed by atoms with E-state index in [2.05, 4.69) is 5.32 Å². The molecule has 1 aliphatic rings. The first-order chi connectivity index (χ1) is 8.11. The second kappa shape index (κ2) is 4.62. The average molecular weight is 254 g/mol. The first kappa shape index (κ1) is 11.7. The van der Waals surface area contributed by atoms with Crippen LogP contribution in [0.5, 0.6) is 5.75 Å². The molecule has 7 heteroatoms. The Hall–Kier alpha value is -1.76. The van der Waals surface area contributed by atoms with E-state index in [4.69, 9.17) is 4.74 Å². The molecule has 0 fully saturated rings. The summed E-state index contributed by atoms with van der Waals surface area (Å²) in [5.41, 5.74) is 0.130. The summed E-state index contributed by atoms with van der Waals surface area (Å²) < 4.78 is 5.01. The van der Waals surface area contributed by atoms with Crippen molar-refractivity contribution < 1.29 is 14.5 Å². The molecule has 1 aliphatic heterocycles. The van der Waals surface area contributed by atoms with Crippen molar-refractivity contribution >= 4 is 29.0 Å². The van der Waals surface area contributed by atoms with E-state index in [1.165, 1.54) is 24.9 Å².